The molecule has 2 fully saturated rings. The molecule has 1 saturated heterocycles. The first kappa shape index (κ1) is 32.6. The van der Waals surface area contributed by atoms with Gasteiger partial charge in [0.25, 0.3) is 5.91 Å². The van der Waals surface area contributed by atoms with E-state index in [0.29, 0.717) is 6.42 Å². The number of ketones is 1. The lowest BCUT2D eigenvalue weighted by molar-refractivity contribution is -0.145. The summed E-state index contributed by atoms with van der Waals surface area (Å²) in [7, 11) is 0. The molecule has 10 nitrogen and oxygen atoms in total. The molecule has 12 heteroatoms. The molecule has 0 bridgehead atoms. The number of rotatable bonds is 11. The van der Waals surface area contributed by atoms with Gasteiger partial charge in [-0.2, -0.15) is 0 Å². The van der Waals surface area contributed by atoms with Gasteiger partial charge in [0.2, 0.25) is 17.6 Å². The quantitative estimate of drug-likeness (QED) is 0.193. The van der Waals surface area contributed by atoms with E-state index >= 15 is 0 Å². The molecular formula is C27H40Cl2N4O6. The predicted octanol–water partition coefficient (Wildman–Crippen LogP) is 2.88. The Balaban J connectivity index is 2.32. The van der Waals surface area contributed by atoms with E-state index in [1.165, 1.54) is 11.0 Å². The second-order valence-corrected chi connectivity index (χ2v) is 13.4. The van der Waals surface area contributed by atoms with Crippen LogP contribution < -0.4 is 16.0 Å². The van der Waals surface area contributed by atoms with Crippen LogP contribution in [0.15, 0.2) is 25.3 Å². The number of hydrogen-bond donors (Lipinski definition) is 3. The number of halogens is 2. The fourth-order valence-electron chi connectivity index (χ4n) is 4.59. The van der Waals surface area contributed by atoms with Crippen molar-refractivity contribution in [1.29, 1.82) is 0 Å². The van der Waals surface area contributed by atoms with Crippen molar-refractivity contribution in [1.82, 2.24) is 20.9 Å². The number of piperidine rings is 1. The van der Waals surface area contributed by atoms with Gasteiger partial charge in [0, 0.05) is 24.9 Å². The Labute approximate surface area is 240 Å². The maximum atomic E-state index is 13.8. The van der Waals surface area contributed by atoms with Gasteiger partial charge in [-0.1, -0.05) is 32.9 Å². The Bertz CT molecular complexity index is 1020. The number of amides is 4. The minimum atomic E-state index is -1.23. The Kier molecular flexibility index (Phi) is 10.3. The first-order valence-corrected chi connectivity index (χ1v) is 13.6. The van der Waals surface area contributed by atoms with Crippen molar-refractivity contribution in [3.63, 3.8) is 0 Å². The molecule has 1 aliphatic heterocycles. The number of alkyl carbamates (subject to hydrolysis) is 1. The van der Waals surface area contributed by atoms with Crippen LogP contribution in [0.5, 0.6) is 0 Å². The average Bonchev–Trinajstić information content (AvgIpc) is 3.14. The predicted molar refractivity (Wildman–Crippen MR) is 149 cm³/mol. The van der Waals surface area contributed by atoms with E-state index in [1.807, 2.05) is 0 Å². The molecule has 2 aliphatic rings. The number of alkyl halides is 2. The number of hydrogen-bond acceptors (Lipinski definition) is 6. The fourth-order valence-corrected chi connectivity index (χ4v) is 5.42. The Morgan fingerprint density at radius 2 is 1.67 bits per heavy atom. The number of allylic oxidation sites excluding steroid dienone is 1. The Hall–Kier alpha value is -2.59. The maximum Gasteiger partial charge on any atom is 0.408 e. The van der Waals surface area contributed by atoms with Crippen LogP contribution in [0.1, 0.15) is 54.4 Å². The lowest BCUT2D eigenvalue weighted by atomic mass is 9.85. The summed E-state index contributed by atoms with van der Waals surface area (Å²) in [5.41, 5.74) is -1.53. The van der Waals surface area contributed by atoms with E-state index < -0.39 is 69.0 Å². The summed E-state index contributed by atoms with van der Waals surface area (Å²) in [5.74, 6) is -3.84. The van der Waals surface area contributed by atoms with Crippen molar-refractivity contribution in [3.8, 4) is 0 Å². The molecule has 5 atom stereocenters. The molecule has 1 unspecified atom stereocenters. The largest absolute Gasteiger partial charge is 0.444 e. The summed E-state index contributed by atoms with van der Waals surface area (Å²) in [4.78, 5) is 66.5. The second kappa shape index (κ2) is 12.3. The topological polar surface area (TPSA) is 134 Å². The van der Waals surface area contributed by atoms with Crippen LogP contribution in [-0.4, -0.2) is 75.6 Å². The highest BCUT2D eigenvalue weighted by Gasteiger charge is 2.74. The van der Waals surface area contributed by atoms with Gasteiger partial charge in [-0.15, -0.1) is 36.4 Å². The van der Waals surface area contributed by atoms with Gasteiger partial charge in [0.05, 0.1) is 6.04 Å². The molecule has 3 N–H and O–H groups in total. The van der Waals surface area contributed by atoms with Crippen LogP contribution in [0, 0.1) is 17.3 Å². The molecule has 218 valence electrons. The first-order chi connectivity index (χ1) is 17.9. The fraction of sp³-hybridized carbons (Fsp3) is 0.667. The molecule has 4 amide bonds. The number of likely N-dealkylation sites (tertiary alicyclic amines) is 1. The van der Waals surface area contributed by atoms with Crippen LogP contribution >= 0.6 is 23.2 Å². The lowest BCUT2D eigenvalue weighted by Crippen LogP contribution is -2.61. The summed E-state index contributed by atoms with van der Waals surface area (Å²) in [6, 6.07) is -3.31. The van der Waals surface area contributed by atoms with E-state index in [9.17, 15) is 24.0 Å². The molecule has 39 heavy (non-hydrogen) atoms. The van der Waals surface area contributed by atoms with Crippen LogP contribution in [-0.2, 0) is 23.9 Å². The van der Waals surface area contributed by atoms with Crippen LogP contribution in [0.4, 0.5) is 4.79 Å². The Morgan fingerprint density at radius 1 is 1.05 bits per heavy atom. The number of fused-ring (bicyclic) bond motifs is 1. The number of carbonyl (C=O) groups is 5. The molecule has 0 aromatic carbocycles. The molecular weight excluding hydrogens is 547 g/mol. The third-order valence-corrected chi connectivity index (χ3v) is 7.65. The van der Waals surface area contributed by atoms with Crippen LogP contribution in [0.25, 0.3) is 0 Å². The van der Waals surface area contributed by atoms with E-state index in [-0.39, 0.29) is 25.4 Å². The zero-order valence-electron chi connectivity index (χ0n) is 23.4. The summed E-state index contributed by atoms with van der Waals surface area (Å²) in [5, 5.41) is 7.69. The normalized spacial score (nSPS) is 23.0. The molecule has 1 saturated carbocycles. The van der Waals surface area contributed by atoms with Crippen molar-refractivity contribution >= 4 is 52.8 Å². The third kappa shape index (κ3) is 7.97. The van der Waals surface area contributed by atoms with E-state index in [4.69, 9.17) is 27.9 Å². The van der Waals surface area contributed by atoms with Gasteiger partial charge < -0.3 is 25.6 Å². The monoisotopic (exact) mass is 586 g/mol. The number of carbonyl (C=O) groups excluding carboxylic acids is 5. The zero-order chi connectivity index (χ0) is 29.9. The highest BCUT2D eigenvalue weighted by Crippen LogP contribution is 2.65. The standard InChI is InChI=1S/C27H40Cl2N4O6/c1-9-11-12-16(19(34)22(36)30-13-10-2)31-21(35)18-17-15(27(17,28)29)14-33(18)23(37)20(25(3,4)5)32-24(38)39-26(6,7)8/h9-10,15-18,20H,1-2,11-14H2,3-8H3,(H,30,36)(H,31,35)(H,32,38)/t15-,16?,17+,18-,20+/m0/s1. The molecule has 0 radical (unpaired) electrons. The van der Waals surface area contributed by atoms with Crippen LogP contribution in [0.3, 0.4) is 0 Å². The van der Waals surface area contributed by atoms with Gasteiger partial charge in [-0.3, -0.25) is 19.2 Å². The molecule has 1 heterocycles. The third-order valence-electron chi connectivity index (χ3n) is 6.58. The van der Waals surface area contributed by atoms with Crippen molar-refractivity contribution in [2.24, 2.45) is 17.3 Å². The highest BCUT2D eigenvalue weighted by atomic mass is 35.5. The van der Waals surface area contributed by atoms with Crippen molar-refractivity contribution in [2.45, 2.75) is 82.4 Å². The van der Waals surface area contributed by atoms with Gasteiger partial charge in [0.1, 0.15) is 22.0 Å². The summed E-state index contributed by atoms with van der Waals surface area (Å²) >= 11 is 12.9. The lowest BCUT2D eigenvalue weighted by Gasteiger charge is -2.37. The number of nitrogens with zero attached hydrogens (tertiary/aromatic N) is 1. The van der Waals surface area contributed by atoms with E-state index in [0.717, 1.165) is 0 Å². The first-order valence-electron chi connectivity index (χ1n) is 12.9. The average molecular weight is 588 g/mol. The molecule has 0 spiro atoms. The number of nitrogens with one attached hydrogen (secondary N) is 3. The summed E-state index contributed by atoms with van der Waals surface area (Å²) in [6.45, 7) is 17.7. The summed E-state index contributed by atoms with van der Waals surface area (Å²) < 4.78 is 4.12. The molecule has 1 aliphatic carbocycles. The minimum Gasteiger partial charge on any atom is -0.444 e. The van der Waals surface area contributed by atoms with Crippen LogP contribution in [0.2, 0.25) is 0 Å². The second-order valence-electron chi connectivity index (χ2n) is 12.0. The van der Waals surface area contributed by atoms with Gasteiger partial charge >= 0.3 is 6.09 Å². The highest BCUT2D eigenvalue weighted by molar-refractivity contribution is 6.51. The summed E-state index contributed by atoms with van der Waals surface area (Å²) in [6.07, 6.45) is 2.70. The van der Waals surface area contributed by atoms with Crippen molar-refractivity contribution in [2.75, 3.05) is 13.1 Å². The van der Waals surface area contributed by atoms with E-state index in [2.05, 4.69) is 29.1 Å². The number of Topliss-reactive ketones (excluding diaryl/α,β-unsaturated/α-hetero) is 1. The number of ether oxygens (including phenoxy) is 1. The molecule has 2 rings (SSSR count). The SMILES string of the molecule is C=CCCC(NC(=O)[C@@H]1[C@H]2[C@H](CN1C(=O)[C@@H](NC(=O)OC(C)(C)C)C(C)(C)C)C2(Cl)Cl)C(=O)C(=O)NCC=C. The minimum absolute atomic E-state index is 0.0845. The smallest absolute Gasteiger partial charge is 0.408 e. The van der Waals surface area contributed by atoms with Gasteiger partial charge in [-0.05, 0) is 39.0 Å². The van der Waals surface area contributed by atoms with Gasteiger partial charge in [-0.25, -0.2) is 4.79 Å². The van der Waals surface area contributed by atoms with Crippen molar-refractivity contribution in [3.05, 3.63) is 25.3 Å². The van der Waals surface area contributed by atoms with E-state index in [1.54, 1.807) is 47.6 Å². The Morgan fingerprint density at radius 3 is 2.18 bits per heavy atom. The zero-order valence-corrected chi connectivity index (χ0v) is 24.9. The van der Waals surface area contributed by atoms with Crippen molar-refractivity contribution < 1.29 is 28.7 Å². The molecule has 0 aromatic rings. The maximum absolute atomic E-state index is 13.8. The molecule has 0 aromatic heterocycles. The van der Waals surface area contributed by atoms with Gasteiger partial charge in [0.15, 0.2) is 0 Å².